The van der Waals surface area contributed by atoms with Crippen molar-refractivity contribution in [2.24, 2.45) is 0 Å². The second-order valence-electron chi connectivity index (χ2n) is 7.91. The number of hydrogen-bond donors (Lipinski definition) is 1. The molecule has 1 amide bonds. The van der Waals surface area contributed by atoms with Gasteiger partial charge < -0.3 is 9.84 Å². The number of aryl methyl sites for hydroxylation is 3. The van der Waals surface area contributed by atoms with Crippen molar-refractivity contribution in [2.75, 3.05) is 0 Å². The first-order valence-corrected chi connectivity index (χ1v) is 10.0. The van der Waals surface area contributed by atoms with Crippen LogP contribution in [0.4, 0.5) is 13.2 Å². The molecule has 9 nitrogen and oxygen atoms in total. The third-order valence-corrected chi connectivity index (χ3v) is 5.68. The fraction of sp³-hybridized carbons (Fsp3) is 0.579. The number of nitrogens with zero attached hydrogens (tertiary/aromatic N) is 6. The second kappa shape index (κ2) is 7.57. The summed E-state index contributed by atoms with van der Waals surface area (Å²) in [7, 11) is 0. The number of amides is 1. The van der Waals surface area contributed by atoms with Crippen LogP contribution in [0.5, 0.6) is 0 Å². The zero-order valence-corrected chi connectivity index (χ0v) is 17.4. The second-order valence-corrected chi connectivity index (χ2v) is 7.91. The summed E-state index contributed by atoms with van der Waals surface area (Å²) >= 11 is 0. The zero-order chi connectivity index (χ0) is 22.4. The van der Waals surface area contributed by atoms with E-state index >= 15 is 0 Å². The minimum absolute atomic E-state index is 0.0690. The van der Waals surface area contributed by atoms with Crippen molar-refractivity contribution in [1.29, 1.82) is 0 Å². The number of nitrogens with one attached hydrogen (secondary N) is 1. The van der Waals surface area contributed by atoms with Gasteiger partial charge in [-0.2, -0.15) is 23.1 Å². The molecule has 3 aromatic heterocycles. The maximum Gasteiger partial charge on any atom is 0.453 e. The van der Waals surface area contributed by atoms with Gasteiger partial charge in [0.1, 0.15) is 5.54 Å². The lowest BCUT2D eigenvalue weighted by molar-refractivity contribution is -0.144. The van der Waals surface area contributed by atoms with Gasteiger partial charge in [-0.05, 0) is 26.7 Å². The van der Waals surface area contributed by atoms with Crippen LogP contribution in [-0.2, 0) is 22.9 Å². The number of aromatic nitrogens is 6. The summed E-state index contributed by atoms with van der Waals surface area (Å²) in [5.41, 5.74) is 0.588. The summed E-state index contributed by atoms with van der Waals surface area (Å²) in [5, 5.41) is 10.6. The molecule has 0 aromatic carbocycles. The lowest BCUT2D eigenvalue weighted by Crippen LogP contribution is -2.48. The Labute approximate surface area is 175 Å². The van der Waals surface area contributed by atoms with Crippen LogP contribution in [0.15, 0.2) is 4.52 Å². The highest BCUT2D eigenvalue weighted by Gasteiger charge is 2.40. The van der Waals surface area contributed by atoms with E-state index in [9.17, 15) is 18.0 Å². The molecule has 0 aliphatic heterocycles. The van der Waals surface area contributed by atoms with Gasteiger partial charge >= 0.3 is 6.18 Å². The van der Waals surface area contributed by atoms with E-state index in [0.717, 1.165) is 23.8 Å². The van der Waals surface area contributed by atoms with Crippen molar-refractivity contribution in [3.8, 4) is 0 Å². The monoisotopic (exact) mass is 437 g/mol. The van der Waals surface area contributed by atoms with Crippen molar-refractivity contribution in [2.45, 2.75) is 71.0 Å². The number of carbonyl (C=O) groups is 1. The van der Waals surface area contributed by atoms with Crippen molar-refractivity contribution in [3.05, 3.63) is 34.5 Å². The predicted octanol–water partition coefficient (Wildman–Crippen LogP) is 2.97. The van der Waals surface area contributed by atoms with Gasteiger partial charge in [0.05, 0.1) is 6.42 Å². The SMILES string of the molecule is Cc1nc(C2(NC(=O)Cc3c(C)nc4nc(C(F)(F)F)nn4c3C)CCCCC2)no1. The number of fused-ring (bicyclic) bond motifs is 1. The molecule has 3 aromatic rings. The summed E-state index contributed by atoms with van der Waals surface area (Å²) in [6.45, 7) is 4.92. The fourth-order valence-corrected chi connectivity index (χ4v) is 4.11. The molecule has 4 rings (SSSR count). The molecule has 166 valence electrons. The Kier molecular flexibility index (Phi) is 5.18. The Bertz CT molecular complexity index is 1130. The lowest BCUT2D eigenvalue weighted by atomic mass is 9.80. The molecule has 3 heterocycles. The summed E-state index contributed by atoms with van der Waals surface area (Å²) in [6, 6.07) is 0. The van der Waals surface area contributed by atoms with E-state index in [1.54, 1.807) is 20.8 Å². The molecule has 1 fully saturated rings. The molecule has 0 radical (unpaired) electrons. The first-order chi connectivity index (χ1) is 14.6. The van der Waals surface area contributed by atoms with E-state index < -0.39 is 17.5 Å². The van der Waals surface area contributed by atoms with Crippen LogP contribution < -0.4 is 5.32 Å². The van der Waals surface area contributed by atoms with Gasteiger partial charge in [-0.3, -0.25) is 4.79 Å². The minimum Gasteiger partial charge on any atom is -0.343 e. The summed E-state index contributed by atoms with van der Waals surface area (Å²) in [4.78, 5) is 24.9. The number of hydrogen-bond acceptors (Lipinski definition) is 7. The maximum atomic E-state index is 13.0. The van der Waals surface area contributed by atoms with Gasteiger partial charge in [-0.1, -0.05) is 24.4 Å². The highest BCUT2D eigenvalue weighted by molar-refractivity contribution is 5.80. The van der Waals surface area contributed by atoms with Crippen LogP contribution in [0.3, 0.4) is 0 Å². The highest BCUT2D eigenvalue weighted by Crippen LogP contribution is 2.36. The summed E-state index contributed by atoms with van der Waals surface area (Å²) < 4.78 is 45.1. The molecule has 1 aliphatic rings. The van der Waals surface area contributed by atoms with Gasteiger partial charge in [0.25, 0.3) is 11.6 Å². The quantitative estimate of drug-likeness (QED) is 0.668. The van der Waals surface area contributed by atoms with Crippen LogP contribution in [0.25, 0.3) is 5.78 Å². The van der Waals surface area contributed by atoms with Crippen LogP contribution in [0.1, 0.15) is 66.6 Å². The molecule has 1 aliphatic carbocycles. The molecule has 0 spiro atoms. The van der Waals surface area contributed by atoms with Crippen molar-refractivity contribution >= 4 is 11.7 Å². The molecule has 0 unspecified atom stereocenters. The van der Waals surface area contributed by atoms with E-state index in [0.29, 0.717) is 41.5 Å². The predicted molar refractivity (Wildman–Crippen MR) is 101 cm³/mol. The van der Waals surface area contributed by atoms with Crippen LogP contribution in [0.2, 0.25) is 0 Å². The van der Waals surface area contributed by atoms with Crippen LogP contribution >= 0.6 is 0 Å². The third-order valence-electron chi connectivity index (χ3n) is 5.68. The normalized spacial score (nSPS) is 16.6. The number of rotatable bonds is 4. The molecular formula is C19H22F3N7O2. The Hall–Kier alpha value is -3.05. The third kappa shape index (κ3) is 3.98. The molecule has 0 bridgehead atoms. The summed E-state index contributed by atoms with van der Waals surface area (Å²) in [5.74, 6) is -0.850. The van der Waals surface area contributed by atoms with Crippen molar-refractivity contribution in [3.63, 3.8) is 0 Å². The topological polar surface area (TPSA) is 111 Å². The smallest absolute Gasteiger partial charge is 0.343 e. The van der Waals surface area contributed by atoms with Gasteiger partial charge in [0, 0.05) is 23.9 Å². The standard InChI is InChI=1S/C19H22F3N7O2/c1-10-13(11(2)29-17(23-10)25-16(27-29)19(20,21)22)9-14(30)26-18(7-5-4-6-8-18)15-24-12(3)31-28-15/h4-9H2,1-3H3,(H,26,30). The highest BCUT2D eigenvalue weighted by atomic mass is 19.4. The van der Waals surface area contributed by atoms with E-state index in [2.05, 4.69) is 30.5 Å². The fourth-order valence-electron chi connectivity index (χ4n) is 4.11. The van der Waals surface area contributed by atoms with Crippen LogP contribution in [0, 0.1) is 20.8 Å². The largest absolute Gasteiger partial charge is 0.453 e. The van der Waals surface area contributed by atoms with E-state index in [1.165, 1.54) is 0 Å². The molecular weight excluding hydrogens is 415 g/mol. The van der Waals surface area contributed by atoms with Gasteiger partial charge in [-0.25, -0.2) is 9.50 Å². The lowest BCUT2D eigenvalue weighted by Gasteiger charge is -2.35. The van der Waals surface area contributed by atoms with Crippen molar-refractivity contribution in [1.82, 2.24) is 35.0 Å². The van der Waals surface area contributed by atoms with E-state index in [4.69, 9.17) is 4.52 Å². The first-order valence-electron chi connectivity index (χ1n) is 10.0. The average molecular weight is 437 g/mol. The molecule has 31 heavy (non-hydrogen) atoms. The molecule has 1 N–H and O–H groups in total. The van der Waals surface area contributed by atoms with Crippen LogP contribution in [-0.4, -0.2) is 35.6 Å². The molecule has 0 atom stereocenters. The Morgan fingerprint density at radius 3 is 2.45 bits per heavy atom. The number of carbonyl (C=O) groups excluding carboxylic acids is 1. The Morgan fingerprint density at radius 1 is 1.13 bits per heavy atom. The van der Waals surface area contributed by atoms with Gasteiger partial charge in [0.15, 0.2) is 5.82 Å². The van der Waals surface area contributed by atoms with E-state index in [1.807, 2.05) is 0 Å². The first kappa shape index (κ1) is 21.2. The van der Waals surface area contributed by atoms with Crippen molar-refractivity contribution < 1.29 is 22.5 Å². The minimum atomic E-state index is -4.68. The zero-order valence-electron chi connectivity index (χ0n) is 17.4. The molecule has 0 saturated heterocycles. The number of halogens is 3. The Balaban J connectivity index is 1.63. The van der Waals surface area contributed by atoms with E-state index in [-0.39, 0.29) is 18.1 Å². The van der Waals surface area contributed by atoms with Gasteiger partial charge in [-0.15, -0.1) is 5.10 Å². The average Bonchev–Trinajstić information content (AvgIpc) is 3.32. The number of alkyl halides is 3. The van der Waals surface area contributed by atoms with Gasteiger partial charge in [0.2, 0.25) is 11.8 Å². The summed E-state index contributed by atoms with van der Waals surface area (Å²) in [6.07, 6.45) is -0.490. The maximum absolute atomic E-state index is 13.0. The molecule has 1 saturated carbocycles. The Morgan fingerprint density at radius 2 is 1.84 bits per heavy atom. The molecule has 12 heteroatoms.